The number of ether oxygens (including phenoxy) is 1. The Kier molecular flexibility index (Phi) is 5.27. The Bertz CT molecular complexity index is 1150. The fourth-order valence-electron chi connectivity index (χ4n) is 4.54. The van der Waals surface area contributed by atoms with E-state index in [4.69, 9.17) is 4.74 Å². The van der Waals surface area contributed by atoms with Gasteiger partial charge in [0, 0.05) is 29.8 Å². The smallest absolute Gasteiger partial charge is 0.267 e. The maximum atomic E-state index is 12.5. The molecule has 31 heavy (non-hydrogen) atoms. The highest BCUT2D eigenvalue weighted by molar-refractivity contribution is 5.39. The van der Waals surface area contributed by atoms with Crippen molar-refractivity contribution in [2.75, 3.05) is 11.9 Å². The van der Waals surface area contributed by atoms with Gasteiger partial charge in [-0.2, -0.15) is 10.2 Å². The molecule has 4 heterocycles. The molecule has 2 aliphatic rings. The van der Waals surface area contributed by atoms with Crippen LogP contribution in [0.3, 0.4) is 0 Å². The third-order valence-corrected chi connectivity index (χ3v) is 6.13. The van der Waals surface area contributed by atoms with Crippen LogP contribution in [-0.2, 0) is 17.8 Å². The van der Waals surface area contributed by atoms with E-state index in [1.807, 2.05) is 19.9 Å². The summed E-state index contributed by atoms with van der Waals surface area (Å²) in [7, 11) is 0. The van der Waals surface area contributed by atoms with Crippen LogP contribution in [0.5, 0.6) is 0 Å². The molecule has 5 rings (SSSR count). The van der Waals surface area contributed by atoms with Crippen molar-refractivity contribution in [3.8, 4) is 5.82 Å². The Morgan fingerprint density at radius 1 is 1.06 bits per heavy atom. The number of fused-ring (bicyclic) bond motifs is 1. The number of aryl methyl sites for hydroxylation is 2. The first-order chi connectivity index (χ1) is 15.1. The molecule has 0 spiro atoms. The maximum Gasteiger partial charge on any atom is 0.267 e. The molecular formula is C22H27N7O2. The molecule has 9 nitrogen and oxygen atoms in total. The maximum absolute atomic E-state index is 12.5. The van der Waals surface area contributed by atoms with Crippen LogP contribution in [0.4, 0.5) is 5.82 Å². The van der Waals surface area contributed by atoms with Gasteiger partial charge in [-0.15, -0.1) is 10.2 Å². The van der Waals surface area contributed by atoms with Gasteiger partial charge in [0.1, 0.15) is 5.82 Å². The third kappa shape index (κ3) is 4.10. The fourth-order valence-corrected chi connectivity index (χ4v) is 4.54. The topological polar surface area (TPSA) is 99.8 Å². The summed E-state index contributed by atoms with van der Waals surface area (Å²) in [6.45, 7) is 5.26. The molecule has 1 saturated carbocycles. The number of rotatable bonds is 4. The van der Waals surface area contributed by atoms with Gasteiger partial charge in [-0.1, -0.05) is 0 Å². The van der Waals surface area contributed by atoms with Gasteiger partial charge in [-0.05, 0) is 57.7 Å². The summed E-state index contributed by atoms with van der Waals surface area (Å²) >= 11 is 0. The average Bonchev–Trinajstić information content (AvgIpc) is 3.12. The second-order valence-electron chi connectivity index (χ2n) is 8.47. The third-order valence-electron chi connectivity index (χ3n) is 6.13. The van der Waals surface area contributed by atoms with Crippen molar-refractivity contribution >= 4 is 5.82 Å². The van der Waals surface area contributed by atoms with Gasteiger partial charge in [-0.25, -0.2) is 9.36 Å². The zero-order valence-electron chi connectivity index (χ0n) is 17.9. The van der Waals surface area contributed by atoms with Gasteiger partial charge in [0.05, 0.1) is 30.6 Å². The highest BCUT2D eigenvalue weighted by Crippen LogP contribution is 2.29. The van der Waals surface area contributed by atoms with Crippen molar-refractivity contribution in [2.24, 2.45) is 0 Å². The molecule has 0 bridgehead atoms. The molecule has 0 radical (unpaired) electrons. The molecule has 1 N–H and O–H groups in total. The SMILES string of the molecule is Cc1cc(C)n(-c2ccc(=O)n(C3CCC(Nc4cc5c(nn4)CCOC5)CC3)n2)n1. The summed E-state index contributed by atoms with van der Waals surface area (Å²) in [5.74, 6) is 1.48. The van der Waals surface area contributed by atoms with E-state index >= 15 is 0 Å². The quantitative estimate of drug-likeness (QED) is 0.691. The zero-order valence-corrected chi connectivity index (χ0v) is 17.9. The van der Waals surface area contributed by atoms with E-state index in [-0.39, 0.29) is 11.6 Å². The Labute approximate surface area is 180 Å². The number of aromatic nitrogens is 6. The zero-order chi connectivity index (χ0) is 21.4. The predicted octanol–water partition coefficient (Wildman–Crippen LogP) is 2.50. The molecule has 0 atom stereocenters. The molecule has 0 aromatic carbocycles. The van der Waals surface area contributed by atoms with Crippen molar-refractivity contribution in [3.63, 3.8) is 0 Å². The second kappa shape index (κ2) is 8.22. The van der Waals surface area contributed by atoms with Crippen LogP contribution >= 0.6 is 0 Å². The van der Waals surface area contributed by atoms with E-state index in [0.717, 1.165) is 60.6 Å². The summed E-state index contributed by atoms with van der Waals surface area (Å²) in [5.41, 5.74) is 4.02. The lowest BCUT2D eigenvalue weighted by Gasteiger charge is -2.30. The molecule has 1 aliphatic carbocycles. The Balaban J connectivity index is 1.27. The van der Waals surface area contributed by atoms with Crippen LogP contribution in [0, 0.1) is 13.8 Å². The molecule has 0 amide bonds. The first-order valence-corrected chi connectivity index (χ1v) is 10.9. The van der Waals surface area contributed by atoms with Crippen molar-refractivity contribution in [3.05, 3.63) is 57.3 Å². The summed E-state index contributed by atoms with van der Waals surface area (Å²) in [6, 6.07) is 7.78. The van der Waals surface area contributed by atoms with E-state index in [1.54, 1.807) is 21.5 Å². The molecule has 1 fully saturated rings. The highest BCUT2D eigenvalue weighted by atomic mass is 16.5. The normalized spacial score (nSPS) is 21.0. The molecule has 9 heteroatoms. The number of nitrogens with one attached hydrogen (secondary N) is 1. The molecule has 1 aliphatic heterocycles. The average molecular weight is 422 g/mol. The fraction of sp³-hybridized carbons (Fsp3) is 0.500. The predicted molar refractivity (Wildman–Crippen MR) is 115 cm³/mol. The van der Waals surface area contributed by atoms with Gasteiger partial charge in [0.15, 0.2) is 5.82 Å². The Morgan fingerprint density at radius 2 is 1.90 bits per heavy atom. The number of hydrogen-bond donors (Lipinski definition) is 1. The number of nitrogens with zero attached hydrogens (tertiary/aromatic N) is 6. The summed E-state index contributed by atoms with van der Waals surface area (Å²) in [5, 5.41) is 21.3. The summed E-state index contributed by atoms with van der Waals surface area (Å²) < 4.78 is 8.95. The van der Waals surface area contributed by atoms with E-state index in [1.165, 1.54) is 0 Å². The molecular weight excluding hydrogens is 394 g/mol. The molecule has 0 saturated heterocycles. The lowest BCUT2D eigenvalue weighted by Crippen LogP contribution is -2.34. The first-order valence-electron chi connectivity index (χ1n) is 10.9. The van der Waals surface area contributed by atoms with E-state index in [0.29, 0.717) is 25.1 Å². The first kappa shape index (κ1) is 19.9. The van der Waals surface area contributed by atoms with Crippen molar-refractivity contribution in [2.45, 2.75) is 64.6 Å². The second-order valence-corrected chi connectivity index (χ2v) is 8.47. The van der Waals surface area contributed by atoms with E-state index < -0.39 is 0 Å². The molecule has 3 aromatic heterocycles. The van der Waals surface area contributed by atoms with Crippen molar-refractivity contribution < 1.29 is 4.74 Å². The largest absolute Gasteiger partial charge is 0.376 e. The van der Waals surface area contributed by atoms with E-state index in [2.05, 4.69) is 31.8 Å². The lowest BCUT2D eigenvalue weighted by molar-refractivity contribution is 0.109. The minimum Gasteiger partial charge on any atom is -0.376 e. The van der Waals surface area contributed by atoms with Crippen LogP contribution in [-0.4, -0.2) is 42.4 Å². The Morgan fingerprint density at radius 3 is 2.68 bits per heavy atom. The minimum absolute atomic E-state index is 0.0674. The molecule has 3 aromatic rings. The molecule has 162 valence electrons. The van der Waals surface area contributed by atoms with Gasteiger partial charge in [0.25, 0.3) is 5.56 Å². The van der Waals surface area contributed by atoms with Crippen LogP contribution in [0.2, 0.25) is 0 Å². The van der Waals surface area contributed by atoms with Crippen LogP contribution in [0.25, 0.3) is 5.82 Å². The Hall–Kier alpha value is -3.07. The molecule has 0 unspecified atom stereocenters. The van der Waals surface area contributed by atoms with Gasteiger partial charge in [-0.3, -0.25) is 4.79 Å². The van der Waals surface area contributed by atoms with Crippen LogP contribution in [0.1, 0.15) is 54.4 Å². The van der Waals surface area contributed by atoms with Gasteiger partial charge >= 0.3 is 0 Å². The summed E-state index contributed by atoms with van der Waals surface area (Å²) in [6.07, 6.45) is 4.47. The number of anilines is 1. The lowest BCUT2D eigenvalue weighted by atomic mass is 9.91. The van der Waals surface area contributed by atoms with Gasteiger partial charge < -0.3 is 10.1 Å². The van der Waals surface area contributed by atoms with E-state index in [9.17, 15) is 4.79 Å². The standard InChI is InChI=1S/C22H27N7O2/c1-14-11-15(2)28(26-14)21-7-8-22(30)29(27-21)18-5-3-17(4-6-18)23-20-12-16-13-31-10-9-19(16)24-25-20/h7-8,11-12,17-18H,3-6,9-10,13H2,1-2H3,(H,23,25). The summed E-state index contributed by atoms with van der Waals surface area (Å²) in [4.78, 5) is 12.5. The van der Waals surface area contributed by atoms with Crippen LogP contribution in [0.15, 0.2) is 29.1 Å². The van der Waals surface area contributed by atoms with Gasteiger partial charge in [0.2, 0.25) is 0 Å². The van der Waals surface area contributed by atoms with Crippen LogP contribution < -0.4 is 10.9 Å². The van der Waals surface area contributed by atoms with Crippen molar-refractivity contribution in [1.29, 1.82) is 0 Å². The van der Waals surface area contributed by atoms with Crippen molar-refractivity contribution in [1.82, 2.24) is 29.8 Å². The highest BCUT2D eigenvalue weighted by Gasteiger charge is 2.25. The minimum atomic E-state index is -0.0674. The monoisotopic (exact) mass is 421 g/mol. The number of hydrogen-bond acceptors (Lipinski definition) is 7.